The molecule has 2 heterocycles. The largest absolute Gasteiger partial charge is 0.390 e. The van der Waals surface area contributed by atoms with Gasteiger partial charge in [-0.1, -0.05) is 34.6 Å². The summed E-state index contributed by atoms with van der Waals surface area (Å²) in [6.07, 6.45) is 11.9. The van der Waals surface area contributed by atoms with Gasteiger partial charge >= 0.3 is 0 Å². The lowest BCUT2D eigenvalue weighted by molar-refractivity contribution is -0.248. The first kappa shape index (κ1) is 30.2. The van der Waals surface area contributed by atoms with Gasteiger partial charge in [-0.2, -0.15) is 5.26 Å². The number of aliphatic hydroxyl groups is 1. The van der Waals surface area contributed by atoms with Crippen LogP contribution in [0.1, 0.15) is 112 Å². The minimum atomic E-state index is -0.473. The van der Waals surface area contributed by atoms with Crippen LogP contribution in [-0.4, -0.2) is 66.3 Å². The summed E-state index contributed by atoms with van der Waals surface area (Å²) in [7, 11) is 0. The van der Waals surface area contributed by atoms with Crippen molar-refractivity contribution < 1.29 is 24.1 Å². The third-order valence-electron chi connectivity index (χ3n) is 16.0. The number of carbonyl (C=O) groups is 1. The molecule has 2 spiro atoms. The van der Waals surface area contributed by atoms with Gasteiger partial charge in [-0.05, 0) is 115 Å². The minimum absolute atomic E-state index is 0.0302. The van der Waals surface area contributed by atoms with Crippen molar-refractivity contribution in [1.82, 2.24) is 4.90 Å². The van der Waals surface area contributed by atoms with Gasteiger partial charge in [0.25, 0.3) is 0 Å². The molecule has 8 aliphatic rings. The molecular weight excluding hydrogens is 552 g/mol. The normalized spacial score (nSPS) is 53.8. The van der Waals surface area contributed by atoms with Gasteiger partial charge in [-0.15, -0.1) is 0 Å². The number of hydrogen-bond acceptors (Lipinski definition) is 6. The molecule has 7 nitrogen and oxygen atoms in total. The van der Waals surface area contributed by atoms with E-state index in [-0.39, 0.29) is 46.8 Å². The van der Waals surface area contributed by atoms with Crippen molar-refractivity contribution in [2.24, 2.45) is 56.7 Å². The maximum atomic E-state index is 12.9. The van der Waals surface area contributed by atoms with E-state index in [1.54, 1.807) is 0 Å². The molecule has 0 aromatic carbocycles. The molecule has 7 unspecified atom stereocenters. The number of nitriles is 1. The molecule has 0 aromatic rings. The zero-order valence-corrected chi connectivity index (χ0v) is 27.9. The Balaban J connectivity index is 1.01. The summed E-state index contributed by atoms with van der Waals surface area (Å²) >= 11 is 0. The Labute approximate surface area is 264 Å². The van der Waals surface area contributed by atoms with Gasteiger partial charge in [-0.25, -0.2) is 0 Å². The molecule has 0 bridgehead atoms. The molecule has 6 aliphatic carbocycles. The molecule has 1 amide bonds. The number of rotatable bonds is 5. The lowest BCUT2D eigenvalue weighted by Crippen LogP contribution is -2.60. The van der Waals surface area contributed by atoms with E-state index in [0.717, 1.165) is 12.8 Å². The number of ether oxygens (including phenoxy) is 3. The summed E-state index contributed by atoms with van der Waals surface area (Å²) in [5.41, 5.74) is 0.560. The van der Waals surface area contributed by atoms with Crippen LogP contribution >= 0.6 is 0 Å². The van der Waals surface area contributed by atoms with Crippen LogP contribution in [0.3, 0.4) is 0 Å². The van der Waals surface area contributed by atoms with Crippen molar-refractivity contribution in [3.05, 3.63) is 0 Å². The lowest BCUT2D eigenvalue weighted by atomic mass is 9.41. The summed E-state index contributed by atoms with van der Waals surface area (Å²) in [5.74, 6) is 2.80. The summed E-state index contributed by atoms with van der Waals surface area (Å²) in [5, 5.41) is 21.7. The molecule has 2 saturated heterocycles. The number of fused-ring (bicyclic) bond motifs is 4. The van der Waals surface area contributed by atoms with Crippen molar-refractivity contribution >= 4 is 5.91 Å². The highest BCUT2D eigenvalue weighted by molar-refractivity contribution is 5.76. The molecule has 13 atom stereocenters. The summed E-state index contributed by atoms with van der Waals surface area (Å²) < 4.78 is 19.6. The average Bonchev–Trinajstić information content (AvgIpc) is 3.90. The van der Waals surface area contributed by atoms with Gasteiger partial charge in [0.05, 0.1) is 50.1 Å². The minimum Gasteiger partial charge on any atom is -0.390 e. The number of amides is 1. The van der Waals surface area contributed by atoms with Crippen molar-refractivity contribution in [2.75, 3.05) is 19.7 Å². The Bertz CT molecular complexity index is 1230. The van der Waals surface area contributed by atoms with E-state index in [4.69, 9.17) is 14.2 Å². The summed E-state index contributed by atoms with van der Waals surface area (Å²) in [4.78, 5) is 14.8. The number of hydrogen-bond donors (Lipinski definition) is 1. The van der Waals surface area contributed by atoms with Crippen LogP contribution in [0.25, 0.3) is 0 Å². The maximum Gasteiger partial charge on any atom is 0.223 e. The molecule has 8 fully saturated rings. The molecule has 7 heteroatoms. The van der Waals surface area contributed by atoms with E-state index < -0.39 is 6.10 Å². The van der Waals surface area contributed by atoms with Gasteiger partial charge in [0.1, 0.15) is 0 Å². The van der Waals surface area contributed by atoms with Crippen molar-refractivity contribution in [2.45, 2.75) is 142 Å². The summed E-state index contributed by atoms with van der Waals surface area (Å²) in [6, 6.07) is 2.33. The second kappa shape index (κ2) is 9.91. The highest BCUT2D eigenvalue weighted by atomic mass is 16.7. The Morgan fingerprint density at radius 2 is 1.80 bits per heavy atom. The van der Waals surface area contributed by atoms with E-state index in [1.807, 2.05) is 4.90 Å². The van der Waals surface area contributed by atoms with E-state index in [1.165, 1.54) is 51.4 Å². The fourth-order valence-corrected chi connectivity index (χ4v) is 13.7. The van der Waals surface area contributed by atoms with E-state index in [0.29, 0.717) is 73.0 Å². The number of nitrogens with zero attached hydrogens (tertiary/aromatic N) is 2. The maximum absolute atomic E-state index is 12.9. The summed E-state index contributed by atoms with van der Waals surface area (Å²) in [6.45, 7) is 14.0. The zero-order valence-electron chi connectivity index (χ0n) is 27.9. The van der Waals surface area contributed by atoms with Gasteiger partial charge in [0, 0.05) is 18.4 Å². The van der Waals surface area contributed by atoms with E-state index >= 15 is 0 Å². The molecule has 0 aromatic heterocycles. The van der Waals surface area contributed by atoms with E-state index in [9.17, 15) is 15.2 Å². The van der Waals surface area contributed by atoms with Crippen LogP contribution in [0.2, 0.25) is 0 Å². The fourth-order valence-electron chi connectivity index (χ4n) is 13.7. The first-order chi connectivity index (χ1) is 20.9. The van der Waals surface area contributed by atoms with Crippen molar-refractivity contribution in [3.8, 4) is 6.07 Å². The zero-order chi connectivity index (χ0) is 30.9. The monoisotopic (exact) mass is 608 g/mol. The quantitative estimate of drug-likeness (QED) is 0.407. The van der Waals surface area contributed by atoms with E-state index in [2.05, 4.69) is 40.7 Å². The molecule has 0 radical (unpaired) electrons. The smallest absolute Gasteiger partial charge is 0.223 e. The Kier molecular flexibility index (Phi) is 6.79. The molecule has 6 saturated carbocycles. The highest BCUT2D eigenvalue weighted by Crippen LogP contribution is 2.89. The highest BCUT2D eigenvalue weighted by Gasteiger charge is 2.84. The molecular formula is C37H56N2O5. The molecule has 44 heavy (non-hydrogen) atoms. The Morgan fingerprint density at radius 1 is 1.05 bits per heavy atom. The number of carbonyl (C=O) groups excluding carboxylic acids is 1. The van der Waals surface area contributed by atoms with Gasteiger partial charge in [-0.3, -0.25) is 4.79 Å². The van der Waals surface area contributed by atoms with Crippen LogP contribution < -0.4 is 0 Å². The number of morpholine rings is 1. The van der Waals surface area contributed by atoms with Gasteiger partial charge < -0.3 is 24.2 Å². The molecule has 1 N–H and O–H groups in total. The SMILES string of the molecule is C[C@@H]1CC(CC#N)OC2[C@H]1C1(C)CCC34CC35CCC(O[C@H]3CN(C(=O)CC6CC6)CCO3)C(C)(C)[C@@H]5CCC4[C@]1(C)[C@H]2O. The number of aliphatic hydroxyl groups excluding tert-OH is 1. The standard InChI is InChI=1S/C37H56N2O5/c1-22-18-24(11-15-38)43-31-30(22)34(4)13-14-37-21-36(37)12-10-27(33(2,3)25(36)8-9-26(37)35(34,5)32(31)41)44-29-20-39(16-17-42-29)28(40)19-23-6-7-23/h22-27,29-32,41H,6-14,16-21H2,1-5H3/t22-,24?,25+,26?,27?,29+,30+,31?,32+,34?,35-,36?,37?/m1/s1. The average molecular weight is 609 g/mol. The van der Waals surface area contributed by atoms with Crippen LogP contribution in [-0.2, 0) is 19.0 Å². The van der Waals surface area contributed by atoms with Gasteiger partial charge in [0.2, 0.25) is 5.91 Å². The lowest BCUT2D eigenvalue weighted by Gasteiger charge is -2.64. The topological polar surface area (TPSA) is 92.0 Å². The van der Waals surface area contributed by atoms with Crippen molar-refractivity contribution in [1.29, 1.82) is 5.26 Å². The second-order valence-corrected chi connectivity index (χ2v) is 17.9. The Morgan fingerprint density at radius 3 is 2.55 bits per heavy atom. The first-order valence-electron chi connectivity index (χ1n) is 18.2. The molecule has 8 rings (SSSR count). The third-order valence-corrected chi connectivity index (χ3v) is 16.0. The molecule has 2 aliphatic heterocycles. The first-order valence-corrected chi connectivity index (χ1v) is 18.2. The molecule has 244 valence electrons. The predicted molar refractivity (Wildman–Crippen MR) is 165 cm³/mol. The fraction of sp³-hybridized carbons (Fsp3) is 0.946. The van der Waals surface area contributed by atoms with Gasteiger partial charge in [0.15, 0.2) is 6.29 Å². The van der Waals surface area contributed by atoms with Crippen LogP contribution in [0.5, 0.6) is 0 Å². The predicted octanol–water partition coefficient (Wildman–Crippen LogP) is 6.08. The second-order valence-electron chi connectivity index (χ2n) is 17.9. The van der Waals surface area contributed by atoms with Crippen LogP contribution in [0.15, 0.2) is 0 Å². The third kappa shape index (κ3) is 3.90. The Hall–Kier alpha value is -1.20. The van der Waals surface area contributed by atoms with Crippen molar-refractivity contribution in [3.63, 3.8) is 0 Å². The van der Waals surface area contributed by atoms with Crippen LogP contribution in [0.4, 0.5) is 0 Å². The van der Waals surface area contributed by atoms with Crippen LogP contribution in [0, 0.1) is 68.0 Å².